The largest absolute Gasteiger partial charge is 0.416 e. The SMILES string of the molecule is NC(=O)C1CC(=O)N(CCc2ccc(Cl)cc2)C(=Nc2cccc(C(F)(F)F)c2)S1. The summed E-state index contributed by atoms with van der Waals surface area (Å²) in [5.74, 6) is -1.04. The number of nitrogens with two attached hydrogens (primary N) is 1. The predicted octanol–water partition coefficient (Wildman–Crippen LogP) is 4.41. The number of nitrogens with zero attached hydrogens (tertiary/aromatic N) is 2. The van der Waals surface area contributed by atoms with Crippen LogP contribution in [0, 0.1) is 0 Å². The van der Waals surface area contributed by atoms with E-state index in [9.17, 15) is 22.8 Å². The van der Waals surface area contributed by atoms with Gasteiger partial charge in [0.15, 0.2) is 5.17 Å². The molecule has 1 aliphatic heterocycles. The Morgan fingerprint density at radius 3 is 2.57 bits per heavy atom. The number of carbonyl (C=O) groups excluding carboxylic acids is 2. The first-order valence-electron chi connectivity index (χ1n) is 8.90. The van der Waals surface area contributed by atoms with E-state index in [1.165, 1.54) is 17.0 Å². The van der Waals surface area contributed by atoms with Crippen LogP contribution in [0.15, 0.2) is 53.5 Å². The summed E-state index contributed by atoms with van der Waals surface area (Å²) in [5, 5.41) is -0.100. The van der Waals surface area contributed by atoms with Crippen LogP contribution in [0.25, 0.3) is 0 Å². The highest BCUT2D eigenvalue weighted by Gasteiger charge is 2.35. The smallest absolute Gasteiger partial charge is 0.369 e. The highest BCUT2D eigenvalue weighted by atomic mass is 35.5. The maximum atomic E-state index is 13.0. The Balaban J connectivity index is 1.89. The van der Waals surface area contributed by atoms with E-state index in [0.717, 1.165) is 29.5 Å². The first-order chi connectivity index (χ1) is 14.1. The monoisotopic (exact) mass is 455 g/mol. The average molecular weight is 456 g/mol. The molecule has 1 unspecified atom stereocenters. The fourth-order valence-electron chi connectivity index (χ4n) is 2.83. The van der Waals surface area contributed by atoms with Gasteiger partial charge in [0.25, 0.3) is 0 Å². The number of halogens is 4. The lowest BCUT2D eigenvalue weighted by Gasteiger charge is -2.31. The van der Waals surface area contributed by atoms with Gasteiger partial charge in [0.1, 0.15) is 0 Å². The van der Waals surface area contributed by atoms with Crippen molar-refractivity contribution in [3.8, 4) is 0 Å². The molecule has 3 rings (SSSR count). The van der Waals surface area contributed by atoms with E-state index in [1.54, 1.807) is 12.1 Å². The normalized spacial score (nSPS) is 18.7. The number of alkyl halides is 3. The van der Waals surface area contributed by atoms with Gasteiger partial charge < -0.3 is 5.73 Å². The number of benzene rings is 2. The maximum absolute atomic E-state index is 13.0. The van der Waals surface area contributed by atoms with Gasteiger partial charge >= 0.3 is 6.18 Å². The van der Waals surface area contributed by atoms with Crippen molar-refractivity contribution in [2.75, 3.05) is 6.54 Å². The van der Waals surface area contributed by atoms with Crippen molar-refractivity contribution in [3.05, 3.63) is 64.7 Å². The minimum Gasteiger partial charge on any atom is -0.369 e. The second-order valence-corrected chi connectivity index (χ2v) is 8.18. The molecule has 2 aromatic carbocycles. The first-order valence-corrected chi connectivity index (χ1v) is 10.2. The number of aliphatic imine (C=N–C) groups is 1. The Bertz CT molecular complexity index is 980. The van der Waals surface area contributed by atoms with Gasteiger partial charge in [-0.3, -0.25) is 14.5 Å². The van der Waals surface area contributed by atoms with E-state index >= 15 is 0 Å². The highest BCUT2D eigenvalue weighted by molar-refractivity contribution is 8.15. The van der Waals surface area contributed by atoms with E-state index in [-0.39, 0.29) is 29.7 Å². The molecule has 10 heteroatoms. The van der Waals surface area contributed by atoms with Gasteiger partial charge in [-0.25, -0.2) is 4.99 Å². The Hall–Kier alpha value is -2.52. The molecule has 0 aliphatic carbocycles. The van der Waals surface area contributed by atoms with Gasteiger partial charge in [-0.05, 0) is 42.3 Å². The van der Waals surface area contributed by atoms with Crippen LogP contribution in [0.3, 0.4) is 0 Å². The summed E-state index contributed by atoms with van der Waals surface area (Å²) < 4.78 is 39.0. The summed E-state index contributed by atoms with van der Waals surface area (Å²) >= 11 is 6.85. The zero-order chi connectivity index (χ0) is 21.9. The number of amides is 2. The molecule has 0 saturated carbocycles. The van der Waals surface area contributed by atoms with Crippen molar-refractivity contribution < 1.29 is 22.8 Å². The molecular formula is C20H17ClF3N3O2S. The van der Waals surface area contributed by atoms with Gasteiger partial charge in [-0.15, -0.1) is 0 Å². The molecule has 2 N–H and O–H groups in total. The molecule has 2 aromatic rings. The van der Waals surface area contributed by atoms with Crippen molar-refractivity contribution in [2.24, 2.45) is 10.7 Å². The fraction of sp³-hybridized carbons (Fsp3) is 0.250. The minimum absolute atomic E-state index is 0.0294. The van der Waals surface area contributed by atoms with Gasteiger partial charge in [0.2, 0.25) is 11.8 Å². The van der Waals surface area contributed by atoms with Crippen LogP contribution in [-0.4, -0.2) is 33.7 Å². The third kappa shape index (κ3) is 5.54. The van der Waals surface area contributed by atoms with Gasteiger partial charge in [-0.2, -0.15) is 13.2 Å². The molecule has 1 aliphatic rings. The molecule has 0 radical (unpaired) electrons. The van der Waals surface area contributed by atoms with Crippen LogP contribution in [0.4, 0.5) is 18.9 Å². The van der Waals surface area contributed by atoms with Crippen molar-refractivity contribution in [3.63, 3.8) is 0 Å². The van der Waals surface area contributed by atoms with Crippen molar-refractivity contribution >= 4 is 46.0 Å². The van der Waals surface area contributed by atoms with Crippen LogP contribution in [-0.2, 0) is 22.2 Å². The summed E-state index contributed by atoms with van der Waals surface area (Å²) in [6.45, 7) is 0.247. The fourth-order valence-corrected chi connectivity index (χ4v) is 4.03. The van der Waals surface area contributed by atoms with Crippen molar-refractivity contribution in [1.82, 2.24) is 4.90 Å². The Morgan fingerprint density at radius 2 is 1.93 bits per heavy atom. The molecule has 0 bridgehead atoms. The number of rotatable bonds is 5. The zero-order valence-electron chi connectivity index (χ0n) is 15.5. The van der Waals surface area contributed by atoms with Crippen LogP contribution >= 0.6 is 23.4 Å². The number of thioether (sulfide) groups is 1. The number of amidine groups is 1. The first kappa shape index (κ1) is 22.2. The zero-order valence-corrected chi connectivity index (χ0v) is 17.1. The molecule has 2 amide bonds. The Kier molecular flexibility index (Phi) is 6.72. The van der Waals surface area contributed by atoms with Crippen molar-refractivity contribution in [1.29, 1.82) is 0 Å². The van der Waals surface area contributed by atoms with Gasteiger partial charge in [0, 0.05) is 18.0 Å². The van der Waals surface area contributed by atoms with Gasteiger partial charge in [0.05, 0.1) is 16.5 Å². The predicted molar refractivity (Wildman–Crippen MR) is 111 cm³/mol. The standard InChI is InChI=1S/C20H17ClF3N3O2S/c21-14-6-4-12(5-7-14)8-9-27-17(28)11-16(18(25)29)30-19(27)26-15-3-1-2-13(10-15)20(22,23)24/h1-7,10,16H,8-9,11H2,(H2,25,29). The number of carbonyl (C=O) groups is 2. The lowest BCUT2D eigenvalue weighted by Crippen LogP contribution is -2.46. The summed E-state index contributed by atoms with van der Waals surface area (Å²) in [6, 6.07) is 11.6. The van der Waals surface area contributed by atoms with E-state index < -0.39 is 22.9 Å². The summed E-state index contributed by atoms with van der Waals surface area (Å²) in [6.07, 6.45) is -4.13. The highest BCUT2D eigenvalue weighted by Crippen LogP contribution is 2.33. The van der Waals surface area contributed by atoms with E-state index in [2.05, 4.69) is 4.99 Å². The van der Waals surface area contributed by atoms with E-state index in [0.29, 0.717) is 11.4 Å². The molecular weight excluding hydrogens is 439 g/mol. The topological polar surface area (TPSA) is 75.8 Å². The number of hydrogen-bond acceptors (Lipinski definition) is 4. The summed E-state index contributed by atoms with van der Waals surface area (Å²) in [7, 11) is 0. The number of primary amides is 1. The third-order valence-electron chi connectivity index (χ3n) is 4.39. The van der Waals surface area contributed by atoms with Crippen LogP contribution < -0.4 is 5.73 Å². The molecule has 1 fully saturated rings. The molecule has 0 aromatic heterocycles. The van der Waals surface area contributed by atoms with Crippen LogP contribution in [0.1, 0.15) is 17.5 Å². The molecule has 158 valence electrons. The quantitative estimate of drug-likeness (QED) is 0.725. The molecule has 0 spiro atoms. The molecule has 1 atom stereocenters. The van der Waals surface area contributed by atoms with E-state index in [4.69, 9.17) is 17.3 Å². The average Bonchev–Trinajstić information content (AvgIpc) is 2.68. The minimum atomic E-state index is -4.52. The Labute approximate surface area is 180 Å². The van der Waals surface area contributed by atoms with Crippen LogP contribution in [0.5, 0.6) is 0 Å². The second-order valence-electron chi connectivity index (χ2n) is 6.58. The van der Waals surface area contributed by atoms with Gasteiger partial charge in [-0.1, -0.05) is 41.6 Å². The molecule has 5 nitrogen and oxygen atoms in total. The Morgan fingerprint density at radius 1 is 1.23 bits per heavy atom. The third-order valence-corrected chi connectivity index (χ3v) is 5.85. The maximum Gasteiger partial charge on any atom is 0.416 e. The summed E-state index contributed by atoms with van der Waals surface area (Å²) in [5.41, 5.74) is 5.45. The molecule has 30 heavy (non-hydrogen) atoms. The molecule has 1 saturated heterocycles. The lowest BCUT2D eigenvalue weighted by atomic mass is 10.1. The summed E-state index contributed by atoms with van der Waals surface area (Å²) in [4.78, 5) is 29.9. The van der Waals surface area contributed by atoms with Crippen LogP contribution in [0.2, 0.25) is 5.02 Å². The second kappa shape index (κ2) is 9.09. The number of hydrogen-bond donors (Lipinski definition) is 1. The lowest BCUT2D eigenvalue weighted by molar-refractivity contribution is -0.137. The molecule has 1 heterocycles. The van der Waals surface area contributed by atoms with E-state index in [1.807, 2.05) is 12.1 Å². The van der Waals surface area contributed by atoms with Crippen molar-refractivity contribution in [2.45, 2.75) is 24.3 Å².